The topological polar surface area (TPSA) is 99.1 Å². The van der Waals surface area contributed by atoms with E-state index in [0.717, 1.165) is 70.6 Å². The third-order valence-electron chi connectivity index (χ3n) is 10.9. The van der Waals surface area contributed by atoms with Gasteiger partial charge in [-0.05, 0) is 70.6 Å². The fraction of sp³-hybridized carbons (Fsp3) is 0.755. The fourth-order valence-electron chi connectivity index (χ4n) is 7.10. The smallest absolute Gasteiger partial charge is 0.362 e. The largest absolute Gasteiger partial charge is 0.477 e. The Hall–Kier alpha value is -2.97. The van der Waals surface area contributed by atoms with E-state index in [9.17, 15) is 19.5 Å². The van der Waals surface area contributed by atoms with Crippen molar-refractivity contribution < 1.29 is 38.2 Å². The molecule has 0 bridgehead atoms. The standard InChI is InChI=1S/C53H93NO7/c1-6-8-10-12-14-16-18-20-22-24-25-26-27-28-30-31-33-35-37-39-41-43-51(55)60-48-49(47-59-46-45-50(53(57)58)54(3,4)5)61-52(56)44-42-40-38-36-34-32-29-23-21-19-17-15-13-11-9-7-2/h8,10,14,16,20,22-23,29,32,34,49-50H,6-7,9,11-13,15,17-19,21,24-28,30-31,33,35-48H2,1-5H3/p+1/b10-8+,16-14+,22-20+,29-23+,34-32+. The highest BCUT2D eigenvalue weighted by Crippen LogP contribution is 2.15. The number of unbranched alkanes of at least 4 members (excludes halogenated alkanes) is 21. The number of carbonyl (C=O) groups is 3. The van der Waals surface area contributed by atoms with Gasteiger partial charge in [0.2, 0.25) is 0 Å². The molecular weight excluding hydrogens is 763 g/mol. The summed E-state index contributed by atoms with van der Waals surface area (Å²) >= 11 is 0. The van der Waals surface area contributed by atoms with Crippen molar-refractivity contribution in [1.82, 2.24) is 0 Å². The molecule has 0 radical (unpaired) electrons. The average Bonchev–Trinajstić information content (AvgIpc) is 3.22. The van der Waals surface area contributed by atoms with Crippen molar-refractivity contribution in [1.29, 1.82) is 0 Å². The highest BCUT2D eigenvalue weighted by atomic mass is 16.6. The number of carbonyl (C=O) groups excluding carboxylic acids is 2. The summed E-state index contributed by atoms with van der Waals surface area (Å²) in [5, 5.41) is 9.64. The first-order valence-corrected chi connectivity index (χ1v) is 24.8. The molecular formula is C53H94NO7+. The number of ether oxygens (including phenoxy) is 3. The van der Waals surface area contributed by atoms with Gasteiger partial charge in [-0.2, -0.15) is 0 Å². The molecule has 8 heteroatoms. The van der Waals surface area contributed by atoms with Crippen LogP contribution in [0.1, 0.15) is 206 Å². The first-order chi connectivity index (χ1) is 29.6. The summed E-state index contributed by atoms with van der Waals surface area (Å²) in [6, 6.07) is -0.621. The van der Waals surface area contributed by atoms with Crippen molar-refractivity contribution in [3.05, 3.63) is 60.8 Å². The number of nitrogens with zero attached hydrogens (tertiary/aromatic N) is 1. The summed E-state index contributed by atoms with van der Waals surface area (Å²) in [6.45, 7) is 4.60. The van der Waals surface area contributed by atoms with Crippen LogP contribution in [0.4, 0.5) is 0 Å². The summed E-state index contributed by atoms with van der Waals surface area (Å²) in [7, 11) is 5.52. The van der Waals surface area contributed by atoms with Crippen molar-refractivity contribution >= 4 is 17.9 Å². The van der Waals surface area contributed by atoms with E-state index in [-0.39, 0.29) is 36.2 Å². The molecule has 0 fully saturated rings. The summed E-state index contributed by atoms with van der Waals surface area (Å²) in [4.78, 5) is 37.1. The number of aliphatic carboxylic acids is 1. The van der Waals surface area contributed by atoms with Gasteiger partial charge in [0.05, 0.1) is 34.4 Å². The second-order valence-electron chi connectivity index (χ2n) is 17.7. The van der Waals surface area contributed by atoms with Crippen LogP contribution < -0.4 is 0 Å². The van der Waals surface area contributed by atoms with Crippen LogP contribution in [0.3, 0.4) is 0 Å². The quantitative estimate of drug-likeness (QED) is 0.0214. The van der Waals surface area contributed by atoms with Crippen LogP contribution in [-0.4, -0.2) is 80.6 Å². The third-order valence-corrected chi connectivity index (χ3v) is 10.9. The lowest BCUT2D eigenvalue weighted by Gasteiger charge is -2.31. The van der Waals surface area contributed by atoms with E-state index in [4.69, 9.17) is 14.2 Å². The van der Waals surface area contributed by atoms with Crippen molar-refractivity contribution in [2.24, 2.45) is 0 Å². The number of carboxylic acid groups (broad SMARTS) is 1. The molecule has 0 heterocycles. The molecule has 0 rings (SSSR count). The van der Waals surface area contributed by atoms with Gasteiger partial charge < -0.3 is 23.8 Å². The molecule has 0 aromatic heterocycles. The van der Waals surface area contributed by atoms with E-state index >= 15 is 0 Å². The van der Waals surface area contributed by atoms with Gasteiger partial charge in [0.15, 0.2) is 12.1 Å². The van der Waals surface area contributed by atoms with Crippen LogP contribution in [-0.2, 0) is 28.6 Å². The van der Waals surface area contributed by atoms with E-state index in [2.05, 4.69) is 74.6 Å². The van der Waals surface area contributed by atoms with Crippen LogP contribution in [0.25, 0.3) is 0 Å². The Labute approximate surface area is 375 Å². The Balaban J connectivity index is 4.29. The van der Waals surface area contributed by atoms with Crippen LogP contribution in [0.5, 0.6) is 0 Å². The minimum absolute atomic E-state index is 0.0485. The molecule has 0 aromatic rings. The first-order valence-electron chi connectivity index (χ1n) is 24.8. The molecule has 0 amide bonds. The van der Waals surface area contributed by atoms with Gasteiger partial charge in [0.25, 0.3) is 0 Å². The SMILES string of the molecule is CC/C=C/C/C=C/C/C=C/CCCCCCCCCCCCCC(=O)OCC(COCCC(C(=O)O)[N+](C)(C)C)OC(=O)CCCCC/C=C/C=C/CCCCCCCCC. The van der Waals surface area contributed by atoms with Crippen LogP contribution in [0, 0.1) is 0 Å². The average molecular weight is 857 g/mol. The zero-order chi connectivity index (χ0) is 44.9. The van der Waals surface area contributed by atoms with Gasteiger partial charge in [-0.15, -0.1) is 0 Å². The van der Waals surface area contributed by atoms with E-state index < -0.39 is 18.1 Å². The predicted molar refractivity (Wildman–Crippen MR) is 257 cm³/mol. The highest BCUT2D eigenvalue weighted by Gasteiger charge is 2.31. The molecule has 1 N–H and O–H groups in total. The lowest BCUT2D eigenvalue weighted by atomic mass is 10.0. The maximum absolute atomic E-state index is 12.8. The van der Waals surface area contributed by atoms with E-state index in [1.807, 2.05) is 21.1 Å². The Morgan fingerprint density at radius 1 is 0.525 bits per heavy atom. The van der Waals surface area contributed by atoms with E-state index in [1.165, 1.54) is 103 Å². The molecule has 0 aliphatic carbocycles. The second-order valence-corrected chi connectivity index (χ2v) is 17.7. The molecule has 8 nitrogen and oxygen atoms in total. The van der Waals surface area contributed by atoms with Crippen molar-refractivity contribution in [2.45, 2.75) is 219 Å². The van der Waals surface area contributed by atoms with E-state index in [1.54, 1.807) is 0 Å². The van der Waals surface area contributed by atoms with Gasteiger partial charge in [-0.25, -0.2) is 4.79 Å². The zero-order valence-electron chi connectivity index (χ0n) is 40.1. The van der Waals surface area contributed by atoms with Gasteiger partial charge in [0.1, 0.15) is 6.61 Å². The van der Waals surface area contributed by atoms with Crippen molar-refractivity contribution in [3.63, 3.8) is 0 Å². The van der Waals surface area contributed by atoms with Crippen molar-refractivity contribution in [2.75, 3.05) is 41.0 Å². The molecule has 61 heavy (non-hydrogen) atoms. The van der Waals surface area contributed by atoms with Crippen LogP contribution in [0.15, 0.2) is 60.8 Å². The first kappa shape index (κ1) is 58.0. The maximum Gasteiger partial charge on any atom is 0.362 e. The lowest BCUT2D eigenvalue weighted by Crippen LogP contribution is -2.50. The van der Waals surface area contributed by atoms with Crippen molar-refractivity contribution in [3.8, 4) is 0 Å². The minimum Gasteiger partial charge on any atom is -0.477 e. The zero-order valence-corrected chi connectivity index (χ0v) is 40.1. The molecule has 0 saturated heterocycles. The molecule has 352 valence electrons. The van der Waals surface area contributed by atoms with E-state index in [0.29, 0.717) is 19.3 Å². The summed E-state index contributed by atoms with van der Waals surface area (Å²) in [5.41, 5.74) is 0. The number of quaternary nitrogens is 1. The number of esters is 2. The van der Waals surface area contributed by atoms with Crippen LogP contribution in [0.2, 0.25) is 0 Å². The van der Waals surface area contributed by atoms with Gasteiger partial charge in [-0.3, -0.25) is 9.59 Å². The Morgan fingerprint density at radius 3 is 1.48 bits per heavy atom. The molecule has 2 unspecified atom stereocenters. The molecule has 0 aliphatic heterocycles. The highest BCUT2D eigenvalue weighted by molar-refractivity contribution is 5.72. The fourth-order valence-corrected chi connectivity index (χ4v) is 7.10. The molecule has 0 aromatic carbocycles. The molecule has 0 aliphatic rings. The molecule has 2 atom stereocenters. The monoisotopic (exact) mass is 857 g/mol. The van der Waals surface area contributed by atoms with Crippen LogP contribution >= 0.6 is 0 Å². The normalized spacial score (nSPS) is 13.4. The summed E-state index contributed by atoms with van der Waals surface area (Å²) in [6.07, 6.45) is 54.1. The van der Waals surface area contributed by atoms with Gasteiger partial charge in [0, 0.05) is 19.3 Å². The Morgan fingerprint density at radius 2 is 0.967 bits per heavy atom. The number of hydrogen-bond donors (Lipinski definition) is 1. The molecule has 0 spiro atoms. The summed E-state index contributed by atoms with van der Waals surface area (Å²) < 4.78 is 17.3. The van der Waals surface area contributed by atoms with Gasteiger partial charge >= 0.3 is 17.9 Å². The Kier molecular flexibility index (Phi) is 41.5. The summed E-state index contributed by atoms with van der Waals surface area (Å²) in [5.74, 6) is -1.50. The number of likely N-dealkylation sites (N-methyl/N-ethyl adjacent to an activating group) is 1. The number of rotatable bonds is 44. The molecule has 0 saturated carbocycles. The minimum atomic E-state index is -0.880. The van der Waals surface area contributed by atoms with Gasteiger partial charge in [-0.1, -0.05) is 177 Å². The third kappa shape index (κ3) is 42.1. The Bertz CT molecular complexity index is 1180. The predicted octanol–water partition coefficient (Wildman–Crippen LogP) is 14.1. The lowest BCUT2D eigenvalue weighted by molar-refractivity contribution is -0.887. The number of allylic oxidation sites excluding steroid dienone is 10. The maximum atomic E-state index is 12.8. The number of carboxylic acids is 1. The number of hydrogen-bond acceptors (Lipinski definition) is 6. The second kappa shape index (κ2) is 43.7.